The molecule has 1 unspecified atom stereocenters. The molecule has 0 aromatic heterocycles. The number of ether oxygens (including phenoxy) is 1. The third-order valence-electron chi connectivity index (χ3n) is 2.77. The Morgan fingerprint density at radius 1 is 1.28 bits per heavy atom. The third kappa shape index (κ3) is 5.71. The molecule has 0 heterocycles. The van der Waals surface area contributed by atoms with Crippen LogP contribution in [-0.4, -0.2) is 18.6 Å². The van der Waals surface area contributed by atoms with E-state index in [9.17, 15) is 4.79 Å². The van der Waals surface area contributed by atoms with Crippen molar-refractivity contribution in [2.24, 2.45) is 0 Å². The summed E-state index contributed by atoms with van der Waals surface area (Å²) in [5.74, 6) is -0.123. The number of hydrogen-bond donors (Lipinski definition) is 1. The van der Waals surface area contributed by atoms with Crippen LogP contribution in [0.1, 0.15) is 39.5 Å². The van der Waals surface area contributed by atoms with Gasteiger partial charge in [0.15, 0.2) is 0 Å². The number of hydrogen-bond acceptors (Lipinski definition) is 3. The molecular weight excluding hydrogens is 226 g/mol. The molecule has 0 saturated heterocycles. The van der Waals surface area contributed by atoms with E-state index in [2.05, 4.69) is 12.2 Å². The Hall–Kier alpha value is -1.51. The maximum Gasteiger partial charge on any atom is 0.307 e. The molecule has 1 aromatic carbocycles. The predicted molar refractivity (Wildman–Crippen MR) is 74.6 cm³/mol. The molecule has 0 fully saturated rings. The fourth-order valence-corrected chi connectivity index (χ4v) is 1.87. The van der Waals surface area contributed by atoms with Gasteiger partial charge in [-0.05, 0) is 25.5 Å². The third-order valence-corrected chi connectivity index (χ3v) is 2.77. The molecule has 1 atom stereocenters. The van der Waals surface area contributed by atoms with Crippen LogP contribution in [0, 0.1) is 0 Å². The summed E-state index contributed by atoms with van der Waals surface area (Å²) in [4.78, 5) is 11.5. The number of esters is 1. The highest BCUT2D eigenvalue weighted by atomic mass is 16.5. The fourth-order valence-electron chi connectivity index (χ4n) is 1.87. The fraction of sp³-hybridized carbons (Fsp3) is 0.533. The van der Waals surface area contributed by atoms with E-state index in [1.54, 1.807) is 0 Å². The number of carbonyl (C=O) groups excluding carboxylic acids is 1. The van der Waals surface area contributed by atoms with Gasteiger partial charge in [-0.1, -0.05) is 38.0 Å². The van der Waals surface area contributed by atoms with Gasteiger partial charge in [-0.2, -0.15) is 0 Å². The Morgan fingerprint density at radius 2 is 2.00 bits per heavy atom. The quantitative estimate of drug-likeness (QED) is 0.715. The van der Waals surface area contributed by atoms with Crippen LogP contribution < -0.4 is 5.32 Å². The van der Waals surface area contributed by atoms with Gasteiger partial charge in [-0.3, -0.25) is 4.79 Å². The van der Waals surface area contributed by atoms with Gasteiger partial charge < -0.3 is 10.1 Å². The zero-order valence-corrected chi connectivity index (χ0v) is 11.3. The van der Waals surface area contributed by atoms with Gasteiger partial charge in [-0.25, -0.2) is 0 Å². The standard InChI is InChI=1S/C15H23NO2/c1-3-5-9-14(12-15(17)18-4-2)16-13-10-7-6-8-11-13/h6-8,10-11,14,16H,3-5,9,12H2,1-2H3. The van der Waals surface area contributed by atoms with E-state index in [1.165, 1.54) is 0 Å². The van der Waals surface area contributed by atoms with Crippen LogP contribution in [-0.2, 0) is 9.53 Å². The van der Waals surface area contributed by atoms with Gasteiger partial charge in [0.05, 0.1) is 13.0 Å². The molecule has 0 bridgehead atoms. The SMILES string of the molecule is CCCCC(CC(=O)OCC)Nc1ccccc1. The van der Waals surface area contributed by atoms with Crippen molar-refractivity contribution in [2.45, 2.75) is 45.6 Å². The molecule has 0 aliphatic carbocycles. The van der Waals surface area contributed by atoms with E-state index >= 15 is 0 Å². The number of anilines is 1. The minimum absolute atomic E-state index is 0.123. The second-order valence-electron chi connectivity index (χ2n) is 4.36. The van der Waals surface area contributed by atoms with Crippen molar-refractivity contribution in [3.63, 3.8) is 0 Å². The molecule has 0 saturated carbocycles. The summed E-state index contributed by atoms with van der Waals surface area (Å²) in [6.07, 6.45) is 3.67. The Balaban J connectivity index is 2.52. The van der Waals surface area contributed by atoms with Crippen LogP contribution in [0.25, 0.3) is 0 Å². The van der Waals surface area contributed by atoms with Crippen molar-refractivity contribution in [3.8, 4) is 0 Å². The first-order chi connectivity index (χ1) is 8.76. The summed E-state index contributed by atoms with van der Waals surface area (Å²) in [5.41, 5.74) is 1.06. The first-order valence-electron chi connectivity index (χ1n) is 6.73. The highest BCUT2D eigenvalue weighted by molar-refractivity contribution is 5.70. The maximum absolute atomic E-state index is 11.5. The van der Waals surface area contributed by atoms with Crippen LogP contribution in [0.15, 0.2) is 30.3 Å². The van der Waals surface area contributed by atoms with Crippen LogP contribution in [0.2, 0.25) is 0 Å². The van der Waals surface area contributed by atoms with Gasteiger partial charge in [0, 0.05) is 11.7 Å². The van der Waals surface area contributed by atoms with E-state index < -0.39 is 0 Å². The lowest BCUT2D eigenvalue weighted by molar-refractivity contribution is -0.143. The van der Waals surface area contributed by atoms with Crippen LogP contribution in [0.3, 0.4) is 0 Å². The topological polar surface area (TPSA) is 38.3 Å². The normalized spacial score (nSPS) is 11.9. The number of unbranched alkanes of at least 4 members (excludes halogenated alkanes) is 1. The second-order valence-corrected chi connectivity index (χ2v) is 4.36. The first-order valence-corrected chi connectivity index (χ1v) is 6.73. The van der Waals surface area contributed by atoms with Crippen molar-refractivity contribution in [3.05, 3.63) is 30.3 Å². The predicted octanol–water partition coefficient (Wildman–Crippen LogP) is 3.61. The lowest BCUT2D eigenvalue weighted by Gasteiger charge is -2.19. The molecule has 0 radical (unpaired) electrons. The number of para-hydroxylation sites is 1. The van der Waals surface area contributed by atoms with Gasteiger partial charge in [0.2, 0.25) is 0 Å². The Morgan fingerprint density at radius 3 is 2.61 bits per heavy atom. The molecule has 1 rings (SSSR count). The first kappa shape index (κ1) is 14.6. The number of nitrogens with one attached hydrogen (secondary N) is 1. The molecule has 0 amide bonds. The minimum Gasteiger partial charge on any atom is -0.466 e. The zero-order chi connectivity index (χ0) is 13.2. The van der Waals surface area contributed by atoms with E-state index in [4.69, 9.17) is 4.74 Å². The monoisotopic (exact) mass is 249 g/mol. The summed E-state index contributed by atoms with van der Waals surface area (Å²) in [6.45, 7) is 4.44. The van der Waals surface area contributed by atoms with Gasteiger partial charge in [0.1, 0.15) is 0 Å². The summed E-state index contributed by atoms with van der Waals surface area (Å²) >= 11 is 0. The zero-order valence-electron chi connectivity index (χ0n) is 11.3. The average Bonchev–Trinajstić information content (AvgIpc) is 2.37. The number of benzene rings is 1. The molecule has 3 heteroatoms. The van der Waals surface area contributed by atoms with E-state index in [1.807, 2.05) is 37.3 Å². The maximum atomic E-state index is 11.5. The van der Waals surface area contributed by atoms with Crippen molar-refractivity contribution in [1.29, 1.82) is 0 Å². The summed E-state index contributed by atoms with van der Waals surface area (Å²) in [6, 6.07) is 10.2. The number of carbonyl (C=O) groups is 1. The van der Waals surface area contributed by atoms with E-state index in [-0.39, 0.29) is 12.0 Å². The van der Waals surface area contributed by atoms with Crippen molar-refractivity contribution < 1.29 is 9.53 Å². The van der Waals surface area contributed by atoms with Crippen molar-refractivity contribution >= 4 is 11.7 Å². The van der Waals surface area contributed by atoms with Crippen molar-refractivity contribution in [1.82, 2.24) is 0 Å². The van der Waals surface area contributed by atoms with Gasteiger partial charge in [-0.15, -0.1) is 0 Å². The lowest BCUT2D eigenvalue weighted by Crippen LogP contribution is -2.24. The molecule has 1 aromatic rings. The Labute approximate surface area is 110 Å². The molecule has 3 nitrogen and oxygen atoms in total. The van der Waals surface area contributed by atoms with Crippen LogP contribution in [0.4, 0.5) is 5.69 Å². The highest BCUT2D eigenvalue weighted by Crippen LogP contribution is 2.14. The Bertz CT molecular complexity index is 338. The van der Waals surface area contributed by atoms with E-state index in [0.29, 0.717) is 13.0 Å². The van der Waals surface area contributed by atoms with E-state index in [0.717, 1.165) is 24.9 Å². The Kier molecular flexibility index (Phi) is 6.92. The summed E-state index contributed by atoms with van der Waals surface area (Å²) in [5, 5.41) is 3.40. The van der Waals surface area contributed by atoms with Crippen LogP contribution >= 0.6 is 0 Å². The largest absolute Gasteiger partial charge is 0.466 e. The van der Waals surface area contributed by atoms with Crippen LogP contribution in [0.5, 0.6) is 0 Å². The molecule has 0 aliphatic heterocycles. The average molecular weight is 249 g/mol. The number of rotatable bonds is 8. The van der Waals surface area contributed by atoms with Gasteiger partial charge in [0.25, 0.3) is 0 Å². The summed E-state index contributed by atoms with van der Waals surface area (Å²) < 4.78 is 5.01. The molecule has 0 spiro atoms. The molecule has 18 heavy (non-hydrogen) atoms. The minimum atomic E-state index is -0.123. The van der Waals surface area contributed by atoms with Gasteiger partial charge >= 0.3 is 5.97 Å². The lowest BCUT2D eigenvalue weighted by atomic mass is 10.1. The second kappa shape index (κ2) is 8.56. The molecule has 1 N–H and O–H groups in total. The molecular formula is C15H23NO2. The summed E-state index contributed by atoms with van der Waals surface area (Å²) in [7, 11) is 0. The molecule has 100 valence electrons. The smallest absolute Gasteiger partial charge is 0.307 e. The molecule has 0 aliphatic rings. The highest BCUT2D eigenvalue weighted by Gasteiger charge is 2.14. The van der Waals surface area contributed by atoms with Crippen molar-refractivity contribution in [2.75, 3.05) is 11.9 Å².